The number of hydrogen-bond donors (Lipinski definition) is 4. The Balaban J connectivity index is 1.51. The van der Waals surface area contributed by atoms with E-state index in [9.17, 15) is 19.5 Å². The number of rotatable bonds is 15. The Labute approximate surface area is 539 Å². The van der Waals surface area contributed by atoms with Crippen molar-refractivity contribution in [3.8, 4) is 22.3 Å². The van der Waals surface area contributed by atoms with E-state index in [0.717, 1.165) is 27.2 Å². The van der Waals surface area contributed by atoms with E-state index in [1.165, 1.54) is 61.6 Å². The van der Waals surface area contributed by atoms with Crippen LogP contribution in [0.4, 0.5) is 0 Å². The van der Waals surface area contributed by atoms with Crippen molar-refractivity contribution in [1.82, 2.24) is 40.4 Å². The monoisotopic (exact) mass is 1250 g/mol. The van der Waals surface area contributed by atoms with E-state index < -0.39 is 137 Å². The molecule has 0 aliphatic carbocycles. The third-order valence-electron chi connectivity index (χ3n) is 18.2. The molecule has 4 aromatic carbocycles. The van der Waals surface area contributed by atoms with Gasteiger partial charge in [-0.3, -0.25) is 38.4 Å². The smallest absolute Gasteiger partial charge is 0.332 e. The number of nitrogens with one attached hydrogen (secondary N) is 3. The molecule has 4 aromatic rings. The predicted octanol–water partition coefficient (Wildman–Crippen LogP) is 7.71. The number of fused-ring (bicyclic) bond motifs is 1. The highest BCUT2D eigenvalue weighted by molar-refractivity contribution is 5.99. The van der Waals surface area contributed by atoms with Crippen LogP contribution >= 0.6 is 0 Å². The molecule has 19 heteroatoms. The second-order valence-electron chi connectivity index (χ2n) is 26.8. The maximum Gasteiger partial charge on any atom is 0.332 e. The molecule has 0 radical (unpaired) electrons. The van der Waals surface area contributed by atoms with Crippen molar-refractivity contribution >= 4 is 53.2 Å². The predicted molar refractivity (Wildman–Crippen MR) is 352 cm³/mol. The Bertz CT molecular complexity index is 3170. The molecule has 91 heavy (non-hydrogen) atoms. The lowest BCUT2D eigenvalue weighted by Gasteiger charge is -2.39. The summed E-state index contributed by atoms with van der Waals surface area (Å²) in [6.07, 6.45) is -0.0688. The molecule has 0 saturated carbocycles. The van der Waals surface area contributed by atoms with E-state index in [1.54, 1.807) is 53.7 Å². The number of carbonyl (C=O) groups excluding carboxylic acids is 9. The summed E-state index contributed by atoms with van der Waals surface area (Å²) in [6, 6.07) is 24.7. The summed E-state index contributed by atoms with van der Waals surface area (Å²) in [7, 11) is 5.70. The molecule has 19 nitrogen and oxygen atoms in total. The fourth-order valence-corrected chi connectivity index (χ4v) is 12.7. The number of ether oxygens (including phenoxy) is 1. The molecule has 8 amide bonds. The molecule has 2 fully saturated rings. The number of amides is 8. The van der Waals surface area contributed by atoms with Gasteiger partial charge in [-0.05, 0) is 103 Å². The molecule has 6 rings (SSSR count). The van der Waals surface area contributed by atoms with Crippen molar-refractivity contribution in [3.05, 3.63) is 120 Å². The number of aliphatic hydroxyl groups is 1. The molecule has 11 atom stereocenters. The topological polar surface area (TPSA) is 235 Å². The van der Waals surface area contributed by atoms with Crippen LogP contribution in [0, 0.1) is 29.6 Å². The van der Waals surface area contributed by atoms with Crippen LogP contribution in [0.25, 0.3) is 22.3 Å². The SMILES string of the molecule is CCC(C)[C@@H]1NC(=O)[C@@H]2CCCN2C(=O)[C@H](Cc2ccc(-c3cccc(-c4ccccc4)c3)cc2)N(C)C(=O)[C@H](Cc2ccccc2)NC(=O)[C@H](C(C)C)N(C)C(=O)[C@@H](C(C)CC)OC(=O)[C@H](C(C)(C)O)N(C)C(=O)[C@H](CC(C)C)NC(=O)[C@H](C(C)C)N(C)C1=O. The van der Waals surface area contributed by atoms with Crippen molar-refractivity contribution < 1.29 is 53.0 Å². The average Bonchev–Trinajstić information content (AvgIpc) is 2.30. The van der Waals surface area contributed by atoms with Gasteiger partial charge in [0.2, 0.25) is 41.4 Å². The second kappa shape index (κ2) is 31.9. The van der Waals surface area contributed by atoms with Crippen LogP contribution in [-0.4, -0.2) is 178 Å². The standard InChI is InChI=1S/C72H100N8O11/c1-17-46(9)58-69(87)77(14)59(44(5)6)64(82)73-54(39-43(3)4)67(85)79(16)62(72(11,12)90)71(89)91-61(47(10)18-2)70(88)78(15)60(45(7)8)65(83)74-55(40-48-27-21-19-22-28-48)66(84)76(13)57(68(86)80-38-26-33-56(80)63(81)75-58)41-49-34-36-51(37-35-49)53-32-25-31-52(42-53)50-29-23-20-24-30-50/h19-25,27-32,34-37,42-47,54-62,90H,17-18,26,33,38-41H2,1-16H3,(H,73,82)(H,74,83)(H,75,81)/t46?,47?,54-,55-,56-,57-,58-,59-,60-,61+,62+/m0/s1. The quantitative estimate of drug-likeness (QED) is 0.0842. The number of cyclic esters (lactones) is 1. The van der Waals surface area contributed by atoms with Crippen LogP contribution in [0.1, 0.15) is 126 Å². The Morgan fingerprint density at radius 3 is 1.55 bits per heavy atom. The van der Waals surface area contributed by atoms with Crippen LogP contribution in [0.2, 0.25) is 0 Å². The number of hydrogen-bond acceptors (Lipinski definition) is 11. The Hall–Kier alpha value is -7.93. The Kier molecular flexibility index (Phi) is 25.3. The summed E-state index contributed by atoms with van der Waals surface area (Å²) in [6.45, 7) is 20.7. The first kappa shape index (κ1) is 72.1. The van der Waals surface area contributed by atoms with Gasteiger partial charge >= 0.3 is 5.97 Å². The van der Waals surface area contributed by atoms with Gasteiger partial charge in [0.25, 0.3) is 5.91 Å². The molecule has 494 valence electrons. The molecule has 0 aromatic heterocycles. The van der Waals surface area contributed by atoms with Gasteiger partial charge in [-0.15, -0.1) is 0 Å². The van der Waals surface area contributed by atoms with Gasteiger partial charge in [-0.2, -0.15) is 0 Å². The zero-order valence-corrected chi connectivity index (χ0v) is 56.4. The molecule has 2 saturated heterocycles. The largest absolute Gasteiger partial charge is 0.450 e. The molecule has 0 bridgehead atoms. The lowest BCUT2D eigenvalue weighted by atomic mass is 9.93. The van der Waals surface area contributed by atoms with E-state index >= 15 is 28.8 Å². The first-order chi connectivity index (χ1) is 42.9. The Morgan fingerprint density at radius 2 is 1.02 bits per heavy atom. The summed E-state index contributed by atoms with van der Waals surface area (Å²) < 4.78 is 6.14. The van der Waals surface area contributed by atoms with Gasteiger partial charge in [-0.25, -0.2) is 4.79 Å². The van der Waals surface area contributed by atoms with E-state index in [-0.39, 0.29) is 38.1 Å². The number of likely N-dealkylation sites (N-methyl/N-ethyl adjacent to an activating group) is 4. The van der Waals surface area contributed by atoms with Gasteiger partial charge in [0.15, 0.2) is 12.1 Å². The Morgan fingerprint density at radius 1 is 0.527 bits per heavy atom. The van der Waals surface area contributed by atoms with E-state index in [4.69, 9.17) is 4.74 Å². The summed E-state index contributed by atoms with van der Waals surface area (Å²) >= 11 is 0. The van der Waals surface area contributed by atoms with Gasteiger partial charge in [0, 0.05) is 53.5 Å². The van der Waals surface area contributed by atoms with E-state index in [1.807, 2.05) is 119 Å². The first-order valence-electron chi connectivity index (χ1n) is 32.4. The third kappa shape index (κ3) is 17.8. The number of nitrogens with zero attached hydrogens (tertiary/aromatic N) is 5. The maximum absolute atomic E-state index is 15.7. The molecule has 2 heterocycles. The van der Waals surface area contributed by atoms with Crippen molar-refractivity contribution in [1.29, 1.82) is 0 Å². The van der Waals surface area contributed by atoms with Crippen molar-refractivity contribution in [3.63, 3.8) is 0 Å². The van der Waals surface area contributed by atoms with Crippen LogP contribution in [0.3, 0.4) is 0 Å². The van der Waals surface area contributed by atoms with Gasteiger partial charge in [0.1, 0.15) is 42.3 Å². The molecule has 2 unspecified atom stereocenters. The van der Waals surface area contributed by atoms with Crippen molar-refractivity contribution in [2.45, 2.75) is 188 Å². The minimum absolute atomic E-state index is 0.00497. The second-order valence-corrected chi connectivity index (χ2v) is 26.8. The fourth-order valence-electron chi connectivity index (χ4n) is 12.7. The molecule has 2 aliphatic rings. The van der Waals surface area contributed by atoms with Crippen LogP contribution in [-0.2, 0) is 60.7 Å². The molecule has 4 N–H and O–H groups in total. The zero-order valence-electron chi connectivity index (χ0n) is 56.4. The molecular formula is C72H100N8O11. The number of benzene rings is 4. The average molecular weight is 1250 g/mol. The van der Waals surface area contributed by atoms with Gasteiger partial charge < -0.3 is 50.3 Å². The summed E-state index contributed by atoms with van der Waals surface area (Å²) in [5, 5.41) is 20.7. The molecular weight excluding hydrogens is 1150 g/mol. The summed E-state index contributed by atoms with van der Waals surface area (Å²) in [4.78, 5) is 143. The summed E-state index contributed by atoms with van der Waals surface area (Å²) in [5.74, 6) is -8.83. The number of carbonyl (C=O) groups is 9. The first-order valence-corrected chi connectivity index (χ1v) is 32.4. The highest BCUT2D eigenvalue weighted by atomic mass is 16.6. The van der Waals surface area contributed by atoms with Gasteiger partial charge in [-0.1, -0.05) is 179 Å². The lowest BCUT2D eigenvalue weighted by molar-refractivity contribution is -0.177. The van der Waals surface area contributed by atoms with Gasteiger partial charge in [0.05, 0.1) is 5.60 Å². The van der Waals surface area contributed by atoms with E-state index in [2.05, 4.69) is 22.0 Å². The van der Waals surface area contributed by atoms with Crippen LogP contribution in [0.15, 0.2) is 109 Å². The van der Waals surface area contributed by atoms with Crippen LogP contribution in [0.5, 0.6) is 0 Å². The highest BCUT2D eigenvalue weighted by Gasteiger charge is 2.48. The minimum atomic E-state index is -1.99. The minimum Gasteiger partial charge on any atom is -0.450 e. The fraction of sp³-hybridized carbons (Fsp3) is 0.542. The highest BCUT2D eigenvalue weighted by Crippen LogP contribution is 2.30. The molecule has 0 spiro atoms. The van der Waals surface area contributed by atoms with Crippen molar-refractivity contribution in [2.75, 3.05) is 34.7 Å². The van der Waals surface area contributed by atoms with E-state index in [0.29, 0.717) is 30.4 Å². The third-order valence-corrected chi connectivity index (χ3v) is 18.2. The van der Waals surface area contributed by atoms with Crippen molar-refractivity contribution in [2.24, 2.45) is 29.6 Å². The zero-order chi connectivity index (χ0) is 67.3. The normalized spacial score (nSPS) is 24.5. The summed E-state index contributed by atoms with van der Waals surface area (Å²) in [5.41, 5.74) is 3.38. The maximum atomic E-state index is 15.7. The van der Waals surface area contributed by atoms with Crippen LogP contribution < -0.4 is 16.0 Å². The lowest BCUT2D eigenvalue weighted by Crippen LogP contribution is -2.63. The number of esters is 1. The molecule has 2 aliphatic heterocycles.